The molecule has 2 heteroatoms. The van der Waals surface area contributed by atoms with Crippen molar-refractivity contribution in [2.75, 3.05) is 13.1 Å². The Bertz CT molecular complexity index is 220. The Kier molecular flexibility index (Phi) is 22.8. The van der Waals surface area contributed by atoms with Gasteiger partial charge in [0, 0.05) is 13.1 Å². The Morgan fingerprint density at radius 2 is 0.615 bits per heavy atom. The fraction of sp³-hybridized carbons (Fsp3) is 1.00. The van der Waals surface area contributed by atoms with Gasteiger partial charge in [0.15, 0.2) is 0 Å². The zero-order chi connectivity index (χ0) is 19.1. The van der Waals surface area contributed by atoms with Crippen LogP contribution in [-0.2, 0) is 0 Å². The summed E-state index contributed by atoms with van der Waals surface area (Å²) in [6.07, 6.45) is 26.4. The van der Waals surface area contributed by atoms with Crippen LogP contribution in [0.4, 0.5) is 4.48 Å². The van der Waals surface area contributed by atoms with E-state index in [9.17, 15) is 4.48 Å². The van der Waals surface area contributed by atoms with E-state index in [2.05, 4.69) is 13.8 Å². The highest BCUT2D eigenvalue weighted by Crippen LogP contribution is 2.12. The summed E-state index contributed by atoms with van der Waals surface area (Å²) in [6, 6.07) is 0. The SMILES string of the molecule is CCCCCCCCCCCCN(F)CCCCCCCCCCCC. The van der Waals surface area contributed by atoms with Crippen molar-refractivity contribution in [3.8, 4) is 0 Å². The molecule has 0 aliphatic carbocycles. The van der Waals surface area contributed by atoms with E-state index >= 15 is 0 Å². The van der Waals surface area contributed by atoms with Crippen molar-refractivity contribution in [2.24, 2.45) is 0 Å². The van der Waals surface area contributed by atoms with Gasteiger partial charge in [0.25, 0.3) is 0 Å². The van der Waals surface area contributed by atoms with Gasteiger partial charge in [-0.05, 0) is 12.8 Å². The Morgan fingerprint density at radius 1 is 0.385 bits per heavy atom. The fourth-order valence-electron chi connectivity index (χ4n) is 3.65. The molecule has 0 saturated heterocycles. The molecule has 0 aromatic rings. The van der Waals surface area contributed by atoms with E-state index in [-0.39, 0.29) is 0 Å². The maximum atomic E-state index is 13.7. The second-order valence-electron chi connectivity index (χ2n) is 8.27. The first-order valence-electron chi connectivity index (χ1n) is 12.2. The van der Waals surface area contributed by atoms with Crippen LogP contribution in [0, 0.1) is 0 Å². The Hall–Kier alpha value is -0.110. The lowest BCUT2D eigenvalue weighted by atomic mass is 10.1. The third-order valence-corrected chi connectivity index (χ3v) is 5.51. The predicted molar refractivity (Wildman–Crippen MR) is 116 cm³/mol. The molecule has 0 unspecified atom stereocenters. The zero-order valence-corrected chi connectivity index (χ0v) is 18.4. The second kappa shape index (κ2) is 22.9. The predicted octanol–water partition coefficient (Wildman–Crippen LogP) is 9.01. The van der Waals surface area contributed by atoms with Gasteiger partial charge in [0.2, 0.25) is 0 Å². The van der Waals surface area contributed by atoms with Crippen molar-refractivity contribution < 1.29 is 4.48 Å². The molecule has 0 saturated carbocycles. The molecule has 0 heterocycles. The molecule has 0 fully saturated rings. The molecular weight excluding hydrogens is 321 g/mol. The van der Waals surface area contributed by atoms with Crippen LogP contribution in [-0.4, -0.2) is 18.2 Å². The van der Waals surface area contributed by atoms with Crippen molar-refractivity contribution in [3.63, 3.8) is 0 Å². The summed E-state index contributed by atoms with van der Waals surface area (Å²) in [5.41, 5.74) is 0. The van der Waals surface area contributed by atoms with Gasteiger partial charge in [-0.15, -0.1) is 9.60 Å². The van der Waals surface area contributed by atoms with E-state index in [4.69, 9.17) is 0 Å². The molecule has 1 nitrogen and oxygen atoms in total. The minimum Gasteiger partial charge on any atom is -0.146 e. The van der Waals surface area contributed by atoms with E-state index in [1.54, 1.807) is 0 Å². The lowest BCUT2D eigenvalue weighted by Crippen LogP contribution is -2.16. The summed E-state index contributed by atoms with van der Waals surface area (Å²) in [6.45, 7) is 5.83. The van der Waals surface area contributed by atoms with Gasteiger partial charge in [-0.25, -0.2) is 0 Å². The third kappa shape index (κ3) is 21.9. The standard InChI is InChI=1S/C24H50FN/c1-3-5-7-9-11-13-15-17-19-21-23-26(25)24-22-20-18-16-14-12-10-8-6-4-2/h3-24H2,1-2H3. The van der Waals surface area contributed by atoms with Crippen molar-refractivity contribution in [1.29, 1.82) is 0 Å². The minimum absolute atomic E-state index is 0.647. The van der Waals surface area contributed by atoms with E-state index in [1.807, 2.05) is 0 Å². The average Bonchev–Trinajstić information content (AvgIpc) is 2.64. The first kappa shape index (κ1) is 25.9. The van der Waals surface area contributed by atoms with Gasteiger partial charge >= 0.3 is 0 Å². The largest absolute Gasteiger partial charge is 0.146 e. The van der Waals surface area contributed by atoms with Crippen molar-refractivity contribution in [3.05, 3.63) is 0 Å². The third-order valence-electron chi connectivity index (χ3n) is 5.51. The van der Waals surface area contributed by atoms with Gasteiger partial charge in [-0.3, -0.25) is 0 Å². The van der Waals surface area contributed by atoms with Crippen molar-refractivity contribution in [1.82, 2.24) is 5.12 Å². The van der Waals surface area contributed by atoms with Gasteiger partial charge in [-0.2, -0.15) is 0 Å². The molecule has 0 atom stereocenters. The summed E-state index contributed by atoms with van der Waals surface area (Å²) in [5.74, 6) is 0. The summed E-state index contributed by atoms with van der Waals surface area (Å²) in [7, 11) is 0. The van der Waals surface area contributed by atoms with Gasteiger partial charge < -0.3 is 0 Å². The van der Waals surface area contributed by atoms with Crippen LogP contribution in [0.5, 0.6) is 0 Å². The minimum atomic E-state index is 0.647. The van der Waals surface area contributed by atoms with E-state index in [0.717, 1.165) is 18.0 Å². The number of hydrogen-bond acceptors (Lipinski definition) is 1. The molecule has 158 valence electrons. The molecule has 0 aromatic heterocycles. The lowest BCUT2D eigenvalue weighted by molar-refractivity contribution is 0.0217. The monoisotopic (exact) mass is 371 g/mol. The van der Waals surface area contributed by atoms with Crippen LogP contribution in [0.1, 0.15) is 142 Å². The van der Waals surface area contributed by atoms with Gasteiger partial charge in [0.1, 0.15) is 0 Å². The number of hydrogen-bond donors (Lipinski definition) is 0. The quantitative estimate of drug-likeness (QED) is 0.135. The topological polar surface area (TPSA) is 3.24 Å². The number of nitrogens with zero attached hydrogens (tertiary/aromatic N) is 1. The van der Waals surface area contributed by atoms with Gasteiger partial charge in [-0.1, -0.05) is 129 Å². The smallest absolute Gasteiger partial charge is 0.0290 e. The molecule has 0 aliphatic heterocycles. The first-order chi connectivity index (χ1) is 12.8. The zero-order valence-electron chi connectivity index (χ0n) is 18.4. The average molecular weight is 372 g/mol. The number of rotatable bonds is 22. The number of unbranched alkanes of at least 4 members (excludes halogenated alkanes) is 18. The summed E-state index contributed by atoms with van der Waals surface area (Å²) in [4.78, 5) is 0. The molecule has 0 rings (SSSR count). The van der Waals surface area contributed by atoms with Crippen molar-refractivity contribution >= 4 is 0 Å². The highest BCUT2D eigenvalue weighted by atomic mass is 19.2. The molecule has 0 aliphatic rings. The van der Waals surface area contributed by atoms with Crippen LogP contribution >= 0.6 is 0 Å². The highest BCUT2D eigenvalue weighted by molar-refractivity contribution is 4.52. The van der Waals surface area contributed by atoms with Gasteiger partial charge in [0.05, 0.1) is 0 Å². The molecule has 0 radical (unpaired) electrons. The molecule has 0 aromatic carbocycles. The van der Waals surface area contributed by atoms with E-state index < -0.39 is 0 Å². The Morgan fingerprint density at radius 3 is 0.885 bits per heavy atom. The maximum Gasteiger partial charge on any atom is 0.0290 e. The van der Waals surface area contributed by atoms with E-state index in [1.165, 1.54) is 116 Å². The molecule has 26 heavy (non-hydrogen) atoms. The van der Waals surface area contributed by atoms with Crippen molar-refractivity contribution in [2.45, 2.75) is 142 Å². The molecule has 0 spiro atoms. The Balaban J connectivity index is 3.12. The number of halogens is 1. The highest BCUT2D eigenvalue weighted by Gasteiger charge is 2.02. The molecule has 0 bridgehead atoms. The lowest BCUT2D eigenvalue weighted by Gasteiger charge is -2.11. The normalized spacial score (nSPS) is 11.5. The van der Waals surface area contributed by atoms with Crippen LogP contribution in [0.15, 0.2) is 0 Å². The van der Waals surface area contributed by atoms with Crippen LogP contribution in [0.25, 0.3) is 0 Å². The Labute approximate surface area is 165 Å². The summed E-state index contributed by atoms with van der Waals surface area (Å²) < 4.78 is 13.7. The van der Waals surface area contributed by atoms with E-state index in [0.29, 0.717) is 13.1 Å². The fourth-order valence-corrected chi connectivity index (χ4v) is 3.65. The molecule has 0 N–H and O–H groups in total. The molecule has 0 amide bonds. The summed E-state index contributed by atoms with van der Waals surface area (Å²) >= 11 is 0. The first-order valence-corrected chi connectivity index (χ1v) is 12.2. The second-order valence-corrected chi connectivity index (χ2v) is 8.27. The summed E-state index contributed by atoms with van der Waals surface area (Å²) in [5, 5.41) is 1.06. The van der Waals surface area contributed by atoms with Crippen LogP contribution < -0.4 is 0 Å². The van der Waals surface area contributed by atoms with Crippen LogP contribution in [0.3, 0.4) is 0 Å². The maximum absolute atomic E-state index is 13.7. The molecular formula is C24H50FN. The van der Waals surface area contributed by atoms with Crippen LogP contribution in [0.2, 0.25) is 0 Å².